The first-order valence-electron chi connectivity index (χ1n) is 3.44. The minimum atomic E-state index is -0.0631. The van der Waals surface area contributed by atoms with Gasteiger partial charge < -0.3 is 0 Å². The number of carbonyl (C=O) groups excluding carboxylic acids is 1. The van der Waals surface area contributed by atoms with Gasteiger partial charge in [-0.15, -0.1) is 0 Å². The number of hydrogen-bond donors (Lipinski definition) is 1. The van der Waals surface area contributed by atoms with E-state index in [-0.39, 0.29) is 5.91 Å². The highest BCUT2D eigenvalue weighted by molar-refractivity contribution is 5.86. The normalized spacial score (nSPS) is 9.27. The maximum atomic E-state index is 10.6. The first-order chi connectivity index (χ1) is 5.18. The number of aromatic amines is 1. The van der Waals surface area contributed by atoms with Gasteiger partial charge in [-0.25, -0.2) is 15.1 Å². The van der Waals surface area contributed by atoms with E-state index in [1.807, 2.05) is 19.1 Å². The third-order valence-electron chi connectivity index (χ3n) is 1.27. The molecule has 0 aromatic carbocycles. The number of aryl methyl sites for hydroxylation is 1. The van der Waals surface area contributed by atoms with Crippen molar-refractivity contribution in [1.82, 2.24) is 0 Å². The molecule has 11 heavy (non-hydrogen) atoms. The molecule has 1 aromatic heterocycles. The fourth-order valence-electron chi connectivity index (χ4n) is 0.842. The summed E-state index contributed by atoms with van der Waals surface area (Å²) in [5, 5.41) is 2.65. The van der Waals surface area contributed by atoms with Gasteiger partial charge in [-0.2, -0.15) is 0 Å². The van der Waals surface area contributed by atoms with Crippen LogP contribution in [0.2, 0.25) is 0 Å². The molecule has 3 nitrogen and oxygen atoms in total. The zero-order chi connectivity index (χ0) is 8.27. The monoisotopic (exact) mass is 151 g/mol. The molecule has 58 valence electrons. The lowest BCUT2D eigenvalue weighted by atomic mass is 10.3. The van der Waals surface area contributed by atoms with Crippen LogP contribution in [0.15, 0.2) is 18.3 Å². The summed E-state index contributed by atoms with van der Waals surface area (Å²) in [5.74, 6) is 0.671. The van der Waals surface area contributed by atoms with Crippen molar-refractivity contribution in [1.29, 1.82) is 0 Å². The summed E-state index contributed by atoms with van der Waals surface area (Å²) >= 11 is 0. The van der Waals surface area contributed by atoms with E-state index in [0.717, 1.165) is 11.4 Å². The van der Waals surface area contributed by atoms with Crippen LogP contribution in [0.3, 0.4) is 0 Å². The van der Waals surface area contributed by atoms with E-state index in [0.29, 0.717) is 0 Å². The number of H-pyrrole nitrogens is 1. The van der Waals surface area contributed by atoms with Crippen LogP contribution < -0.4 is 10.3 Å². The van der Waals surface area contributed by atoms with E-state index in [1.54, 1.807) is 6.20 Å². The number of pyridine rings is 1. The first kappa shape index (κ1) is 7.72. The van der Waals surface area contributed by atoms with E-state index >= 15 is 0 Å². The highest BCUT2D eigenvalue weighted by Crippen LogP contribution is 1.99. The standard InChI is InChI=1S/C8H10N2O/c1-6-3-4-9-8(5-6)10-7(2)11/h3-5H,1-2H3,(H,9,10,11)/p+1. The molecule has 3 heteroatoms. The van der Waals surface area contributed by atoms with Crippen LogP contribution in [0.25, 0.3) is 0 Å². The summed E-state index contributed by atoms with van der Waals surface area (Å²) in [6, 6.07) is 3.81. The third kappa shape index (κ3) is 2.37. The van der Waals surface area contributed by atoms with Crippen molar-refractivity contribution in [3.8, 4) is 0 Å². The fraction of sp³-hybridized carbons (Fsp3) is 0.250. The van der Waals surface area contributed by atoms with Gasteiger partial charge in [0.15, 0.2) is 0 Å². The molecular formula is C8H11N2O+. The predicted octanol–water partition coefficient (Wildman–Crippen LogP) is 0.768. The lowest BCUT2D eigenvalue weighted by molar-refractivity contribution is -0.360. The first-order valence-corrected chi connectivity index (χ1v) is 3.44. The topological polar surface area (TPSA) is 43.2 Å². The van der Waals surface area contributed by atoms with Crippen molar-refractivity contribution in [3.05, 3.63) is 23.9 Å². The van der Waals surface area contributed by atoms with E-state index in [9.17, 15) is 4.79 Å². The van der Waals surface area contributed by atoms with Crippen LogP contribution in [0, 0.1) is 6.92 Å². The zero-order valence-corrected chi connectivity index (χ0v) is 6.64. The summed E-state index contributed by atoms with van der Waals surface area (Å²) in [4.78, 5) is 13.5. The van der Waals surface area contributed by atoms with Crippen LogP contribution in [0.4, 0.5) is 5.82 Å². The van der Waals surface area contributed by atoms with Gasteiger partial charge >= 0.3 is 5.91 Å². The number of nitrogens with one attached hydrogen (secondary N) is 2. The average molecular weight is 151 g/mol. The van der Waals surface area contributed by atoms with Crippen molar-refractivity contribution in [3.63, 3.8) is 0 Å². The predicted molar refractivity (Wildman–Crippen MR) is 42.0 cm³/mol. The zero-order valence-electron chi connectivity index (χ0n) is 6.64. The van der Waals surface area contributed by atoms with Crippen molar-refractivity contribution >= 4 is 11.7 Å². The Morgan fingerprint density at radius 1 is 1.64 bits per heavy atom. The van der Waals surface area contributed by atoms with Gasteiger partial charge in [0.1, 0.15) is 0 Å². The molecule has 0 saturated heterocycles. The molecule has 0 aliphatic carbocycles. The van der Waals surface area contributed by atoms with Crippen LogP contribution in [0.5, 0.6) is 0 Å². The van der Waals surface area contributed by atoms with Crippen molar-refractivity contribution in [2.24, 2.45) is 0 Å². The van der Waals surface area contributed by atoms with Gasteiger partial charge in [-0.1, -0.05) is 0 Å². The molecule has 0 atom stereocenters. The molecular weight excluding hydrogens is 140 g/mol. The van der Waals surface area contributed by atoms with Crippen LogP contribution >= 0.6 is 0 Å². The molecule has 0 radical (unpaired) electrons. The maximum Gasteiger partial charge on any atom is 0.304 e. The number of aromatic nitrogens is 1. The highest BCUT2D eigenvalue weighted by atomic mass is 16.1. The van der Waals surface area contributed by atoms with Crippen molar-refractivity contribution < 1.29 is 9.78 Å². The molecule has 0 spiro atoms. The Bertz CT molecular complexity index is 271. The largest absolute Gasteiger partial charge is 0.304 e. The van der Waals surface area contributed by atoms with Crippen LogP contribution in [0.1, 0.15) is 12.5 Å². The molecule has 0 bridgehead atoms. The molecule has 0 aliphatic heterocycles. The Kier molecular flexibility index (Phi) is 2.21. The van der Waals surface area contributed by atoms with Crippen LogP contribution in [-0.4, -0.2) is 5.91 Å². The average Bonchev–Trinajstić information content (AvgIpc) is 1.85. The van der Waals surface area contributed by atoms with Gasteiger partial charge in [0, 0.05) is 13.0 Å². The lowest BCUT2D eigenvalue weighted by Gasteiger charge is -1.92. The second-order valence-electron chi connectivity index (χ2n) is 2.46. The maximum absolute atomic E-state index is 10.6. The van der Waals surface area contributed by atoms with Crippen molar-refractivity contribution in [2.75, 3.05) is 5.32 Å². The quantitative estimate of drug-likeness (QED) is 0.633. The second kappa shape index (κ2) is 3.14. The molecule has 0 aliphatic rings. The number of rotatable bonds is 1. The van der Waals surface area contributed by atoms with E-state index < -0.39 is 0 Å². The Labute approximate surface area is 65.5 Å². The van der Waals surface area contributed by atoms with E-state index in [1.165, 1.54) is 6.92 Å². The minimum Gasteiger partial charge on any atom is -0.247 e. The van der Waals surface area contributed by atoms with Crippen LogP contribution in [-0.2, 0) is 4.79 Å². The smallest absolute Gasteiger partial charge is 0.247 e. The Morgan fingerprint density at radius 2 is 2.36 bits per heavy atom. The summed E-state index contributed by atoms with van der Waals surface area (Å²) < 4.78 is 0. The summed E-state index contributed by atoms with van der Waals surface area (Å²) in [5.41, 5.74) is 1.12. The summed E-state index contributed by atoms with van der Waals surface area (Å²) in [7, 11) is 0. The molecule has 1 amide bonds. The van der Waals surface area contributed by atoms with Gasteiger partial charge in [-0.3, -0.25) is 0 Å². The summed E-state index contributed by atoms with van der Waals surface area (Å²) in [6.45, 7) is 3.45. The number of hydrogen-bond acceptors (Lipinski definition) is 1. The lowest BCUT2D eigenvalue weighted by Crippen LogP contribution is -2.16. The number of carbonyl (C=O) groups is 1. The molecule has 0 unspecified atom stereocenters. The minimum absolute atomic E-state index is 0.0631. The molecule has 0 saturated carbocycles. The second-order valence-corrected chi connectivity index (χ2v) is 2.46. The number of anilines is 1. The van der Waals surface area contributed by atoms with Gasteiger partial charge in [-0.05, 0) is 18.6 Å². The summed E-state index contributed by atoms with van der Waals surface area (Å²) in [6.07, 6.45) is 1.79. The van der Waals surface area contributed by atoms with Crippen molar-refractivity contribution in [2.45, 2.75) is 13.8 Å². The Balaban J connectivity index is 2.79. The van der Waals surface area contributed by atoms with Gasteiger partial charge in [0.05, 0.1) is 6.20 Å². The SMILES string of the molecule is CC(=O)Nc1cc(C)cc[nH+]1. The number of amides is 1. The Hall–Kier alpha value is -1.38. The van der Waals surface area contributed by atoms with E-state index in [4.69, 9.17) is 0 Å². The molecule has 1 rings (SSSR count). The van der Waals surface area contributed by atoms with Gasteiger partial charge in [0.2, 0.25) is 0 Å². The van der Waals surface area contributed by atoms with E-state index in [2.05, 4.69) is 10.3 Å². The third-order valence-corrected chi connectivity index (χ3v) is 1.27. The molecule has 2 N–H and O–H groups in total. The fourth-order valence-corrected chi connectivity index (χ4v) is 0.842. The molecule has 0 fully saturated rings. The highest BCUT2D eigenvalue weighted by Gasteiger charge is 2.02. The van der Waals surface area contributed by atoms with Gasteiger partial charge in [0.25, 0.3) is 5.82 Å². The Morgan fingerprint density at radius 3 is 2.91 bits per heavy atom. The molecule has 1 heterocycles. The molecule has 1 aromatic rings.